The lowest BCUT2D eigenvalue weighted by Crippen LogP contribution is -2.33. The average Bonchev–Trinajstić information content (AvgIpc) is 2.56. The zero-order valence-electron chi connectivity index (χ0n) is 6.81. The molecule has 0 saturated carbocycles. The molecule has 4 N–H and O–H groups in total. The molecule has 5 nitrogen and oxygen atoms in total. The van der Waals surface area contributed by atoms with Crippen molar-refractivity contribution >= 4 is 16.5 Å². The highest BCUT2D eigenvalue weighted by Gasteiger charge is 2.06. The molecule has 0 aromatic carbocycles. The third kappa shape index (κ3) is 2.40. The Kier molecular flexibility index (Phi) is 3.92. The Morgan fingerprint density at radius 1 is 1.33 bits per heavy atom. The van der Waals surface area contributed by atoms with Crippen molar-refractivity contribution in [2.24, 2.45) is 11.5 Å². The van der Waals surface area contributed by atoms with Crippen molar-refractivity contribution in [1.82, 2.24) is 10.2 Å². The number of nitrogens with two attached hydrogens (primary N) is 2. The summed E-state index contributed by atoms with van der Waals surface area (Å²) in [7, 11) is 0. The molecule has 1 rings (SSSR count). The maximum absolute atomic E-state index is 5.44. The molecule has 0 amide bonds. The minimum atomic E-state index is 0.611. The second kappa shape index (κ2) is 5.02. The average molecular weight is 187 g/mol. The number of anilines is 1. The lowest BCUT2D eigenvalue weighted by Gasteiger charge is -2.18. The lowest BCUT2D eigenvalue weighted by molar-refractivity contribution is 0.772. The van der Waals surface area contributed by atoms with Crippen LogP contribution in [0.15, 0.2) is 5.51 Å². The van der Waals surface area contributed by atoms with Gasteiger partial charge in [-0.15, -0.1) is 10.2 Å². The summed E-state index contributed by atoms with van der Waals surface area (Å²) in [4.78, 5) is 2.04. The number of hydrogen-bond donors (Lipinski definition) is 2. The van der Waals surface area contributed by atoms with Crippen molar-refractivity contribution in [3.05, 3.63) is 5.51 Å². The van der Waals surface area contributed by atoms with Crippen LogP contribution in [0.4, 0.5) is 5.13 Å². The third-order valence-corrected chi connectivity index (χ3v) is 2.17. The van der Waals surface area contributed by atoms with Gasteiger partial charge in [0, 0.05) is 26.2 Å². The molecule has 68 valence electrons. The molecule has 0 fully saturated rings. The van der Waals surface area contributed by atoms with Gasteiger partial charge in [-0.05, 0) is 0 Å². The van der Waals surface area contributed by atoms with Crippen molar-refractivity contribution in [2.75, 3.05) is 31.1 Å². The normalized spacial score (nSPS) is 10.2. The van der Waals surface area contributed by atoms with Crippen LogP contribution < -0.4 is 16.4 Å². The second-order valence-corrected chi connectivity index (χ2v) is 3.10. The Morgan fingerprint density at radius 3 is 2.42 bits per heavy atom. The summed E-state index contributed by atoms with van der Waals surface area (Å²) < 4.78 is 0. The van der Waals surface area contributed by atoms with Gasteiger partial charge < -0.3 is 16.4 Å². The van der Waals surface area contributed by atoms with Gasteiger partial charge >= 0.3 is 0 Å². The summed E-state index contributed by atoms with van der Waals surface area (Å²) in [6.07, 6.45) is 0. The molecule has 0 aliphatic rings. The van der Waals surface area contributed by atoms with Gasteiger partial charge in [-0.2, -0.15) is 0 Å². The molecule has 0 aliphatic heterocycles. The van der Waals surface area contributed by atoms with E-state index < -0.39 is 0 Å². The zero-order chi connectivity index (χ0) is 8.81. The molecule has 0 unspecified atom stereocenters. The van der Waals surface area contributed by atoms with Gasteiger partial charge in [0.1, 0.15) is 5.51 Å². The van der Waals surface area contributed by atoms with E-state index >= 15 is 0 Å². The van der Waals surface area contributed by atoms with Crippen LogP contribution in [0.3, 0.4) is 0 Å². The van der Waals surface area contributed by atoms with Crippen LogP contribution in [0.5, 0.6) is 0 Å². The minimum absolute atomic E-state index is 0.611. The molecule has 0 aliphatic carbocycles. The van der Waals surface area contributed by atoms with Crippen molar-refractivity contribution < 1.29 is 0 Å². The number of rotatable bonds is 5. The summed E-state index contributed by atoms with van der Waals surface area (Å²) >= 11 is 1.50. The molecule has 12 heavy (non-hydrogen) atoms. The van der Waals surface area contributed by atoms with Crippen LogP contribution in [0.1, 0.15) is 0 Å². The van der Waals surface area contributed by atoms with Crippen LogP contribution in [0.2, 0.25) is 0 Å². The molecule has 0 saturated heterocycles. The Balaban J connectivity index is 2.53. The summed E-state index contributed by atoms with van der Waals surface area (Å²) in [6.45, 7) is 2.79. The third-order valence-electron chi connectivity index (χ3n) is 1.42. The Bertz CT molecular complexity index is 194. The summed E-state index contributed by atoms with van der Waals surface area (Å²) in [5.74, 6) is 0. The smallest absolute Gasteiger partial charge is 0.208 e. The van der Waals surface area contributed by atoms with Crippen molar-refractivity contribution in [1.29, 1.82) is 0 Å². The Morgan fingerprint density at radius 2 is 2.00 bits per heavy atom. The molecule has 1 aromatic heterocycles. The van der Waals surface area contributed by atoms with Crippen molar-refractivity contribution in [2.45, 2.75) is 0 Å². The first-order valence-corrected chi connectivity index (χ1v) is 4.67. The minimum Gasteiger partial charge on any atom is -0.344 e. The Hall–Kier alpha value is -0.720. The molecule has 0 spiro atoms. The molecule has 0 radical (unpaired) electrons. The van der Waals surface area contributed by atoms with Gasteiger partial charge in [0.05, 0.1) is 0 Å². The van der Waals surface area contributed by atoms with Gasteiger partial charge in [0.2, 0.25) is 5.13 Å². The van der Waals surface area contributed by atoms with E-state index in [9.17, 15) is 0 Å². The molecular weight excluding hydrogens is 174 g/mol. The molecule has 0 bridgehead atoms. The number of aromatic nitrogens is 2. The highest BCUT2D eigenvalue weighted by atomic mass is 32.1. The maximum Gasteiger partial charge on any atom is 0.208 e. The highest BCUT2D eigenvalue weighted by Crippen LogP contribution is 2.13. The molecule has 1 heterocycles. The maximum atomic E-state index is 5.44. The fourth-order valence-corrected chi connectivity index (χ4v) is 1.53. The van der Waals surface area contributed by atoms with E-state index in [2.05, 4.69) is 10.2 Å². The van der Waals surface area contributed by atoms with Crippen molar-refractivity contribution in [3.8, 4) is 0 Å². The quantitative estimate of drug-likeness (QED) is 0.634. The molecule has 6 heteroatoms. The van der Waals surface area contributed by atoms with E-state index in [1.165, 1.54) is 11.3 Å². The van der Waals surface area contributed by atoms with Crippen LogP contribution in [0.25, 0.3) is 0 Å². The van der Waals surface area contributed by atoms with Crippen LogP contribution in [-0.4, -0.2) is 36.4 Å². The summed E-state index contributed by atoms with van der Waals surface area (Å²) in [5.41, 5.74) is 12.6. The molecule has 0 atom stereocenters. The van der Waals surface area contributed by atoms with Gasteiger partial charge in [0.15, 0.2) is 0 Å². The highest BCUT2D eigenvalue weighted by molar-refractivity contribution is 7.13. The van der Waals surface area contributed by atoms with Gasteiger partial charge in [0.25, 0.3) is 0 Å². The number of nitrogens with zero attached hydrogens (tertiary/aromatic N) is 3. The largest absolute Gasteiger partial charge is 0.344 e. The van der Waals surface area contributed by atoms with E-state index in [0.717, 1.165) is 18.2 Å². The fourth-order valence-electron chi connectivity index (χ4n) is 0.920. The van der Waals surface area contributed by atoms with E-state index in [1.807, 2.05) is 4.90 Å². The van der Waals surface area contributed by atoms with E-state index in [0.29, 0.717) is 13.1 Å². The van der Waals surface area contributed by atoms with Gasteiger partial charge in [-0.25, -0.2) is 0 Å². The molecule has 1 aromatic rings. The molecular formula is C6H13N5S. The summed E-state index contributed by atoms with van der Waals surface area (Å²) in [5, 5.41) is 8.58. The van der Waals surface area contributed by atoms with Crippen LogP contribution in [-0.2, 0) is 0 Å². The SMILES string of the molecule is NCCN(CCN)c1nncs1. The van der Waals surface area contributed by atoms with E-state index in [4.69, 9.17) is 11.5 Å². The number of hydrogen-bond acceptors (Lipinski definition) is 6. The monoisotopic (exact) mass is 187 g/mol. The first-order valence-electron chi connectivity index (χ1n) is 3.79. The van der Waals surface area contributed by atoms with Crippen molar-refractivity contribution in [3.63, 3.8) is 0 Å². The van der Waals surface area contributed by atoms with Crippen LogP contribution >= 0.6 is 11.3 Å². The Labute approximate surface area is 75.4 Å². The second-order valence-electron chi connectivity index (χ2n) is 2.29. The first kappa shape index (κ1) is 9.37. The predicted molar refractivity (Wildman–Crippen MR) is 50.2 cm³/mol. The van der Waals surface area contributed by atoms with Gasteiger partial charge in [-0.3, -0.25) is 0 Å². The zero-order valence-corrected chi connectivity index (χ0v) is 7.63. The lowest BCUT2D eigenvalue weighted by atomic mass is 10.5. The summed E-state index contributed by atoms with van der Waals surface area (Å²) in [6, 6.07) is 0. The van der Waals surface area contributed by atoms with E-state index in [-0.39, 0.29) is 0 Å². The van der Waals surface area contributed by atoms with E-state index in [1.54, 1.807) is 5.51 Å². The van der Waals surface area contributed by atoms with Crippen LogP contribution in [0, 0.1) is 0 Å². The first-order chi connectivity index (χ1) is 5.88. The predicted octanol–water partition coefficient (Wildman–Crippen LogP) is -0.738. The standard InChI is InChI=1S/C6H13N5S/c7-1-3-11(4-2-8)6-10-9-5-12-6/h5H,1-4,7-8H2. The fraction of sp³-hybridized carbons (Fsp3) is 0.667. The topological polar surface area (TPSA) is 81.1 Å². The van der Waals surface area contributed by atoms with Gasteiger partial charge in [-0.1, -0.05) is 11.3 Å².